The fraction of sp³-hybridized carbons (Fsp3) is 0.300. The molecular formula is C20H16F6N2O3. The highest BCUT2D eigenvalue weighted by Crippen LogP contribution is 2.35. The van der Waals surface area contributed by atoms with E-state index in [1.165, 1.54) is 0 Å². The largest absolute Gasteiger partial charge is 0.457 e. The van der Waals surface area contributed by atoms with Crippen LogP contribution in [0.4, 0.5) is 26.3 Å². The van der Waals surface area contributed by atoms with Crippen molar-refractivity contribution in [1.82, 2.24) is 10.6 Å². The van der Waals surface area contributed by atoms with Gasteiger partial charge in [-0.05, 0) is 48.9 Å². The first kappa shape index (κ1) is 22.4. The van der Waals surface area contributed by atoms with E-state index in [9.17, 15) is 35.9 Å². The average molecular weight is 446 g/mol. The number of amides is 2. The van der Waals surface area contributed by atoms with Gasteiger partial charge in [0.25, 0.3) is 5.91 Å². The first-order chi connectivity index (χ1) is 14.4. The Balaban J connectivity index is 1.88. The molecule has 1 aliphatic rings. The molecule has 1 heterocycles. The van der Waals surface area contributed by atoms with E-state index in [2.05, 4.69) is 10.6 Å². The predicted octanol–water partition coefficient (Wildman–Crippen LogP) is 4.52. The summed E-state index contributed by atoms with van der Waals surface area (Å²) < 4.78 is 82.9. The molecule has 1 aliphatic heterocycles. The lowest BCUT2D eigenvalue weighted by Gasteiger charge is -2.23. The highest BCUT2D eigenvalue weighted by Gasteiger charge is 2.33. The third-order valence-corrected chi connectivity index (χ3v) is 4.54. The molecule has 0 aliphatic carbocycles. The quantitative estimate of drug-likeness (QED) is 0.679. The standard InChI is InChI=1S/C20H16F6N2O3/c21-19(22,23)11-1-4-14(5-2-11)31-16-6-3-12(20(24,25)26)9-15(16)18(30)28-13-7-8-27-17(29)10-13/h1-6,9,13H,7-8,10H2,(H,27,29)(H,28,30). The maximum absolute atomic E-state index is 13.1. The minimum absolute atomic E-state index is 0.0280. The highest BCUT2D eigenvalue weighted by atomic mass is 19.4. The Labute approximate surface area is 172 Å². The van der Waals surface area contributed by atoms with Gasteiger partial charge in [0.1, 0.15) is 11.5 Å². The molecule has 1 saturated heterocycles. The van der Waals surface area contributed by atoms with Gasteiger partial charge >= 0.3 is 12.4 Å². The van der Waals surface area contributed by atoms with Crippen LogP contribution in [0.25, 0.3) is 0 Å². The number of carbonyl (C=O) groups is 2. The van der Waals surface area contributed by atoms with E-state index >= 15 is 0 Å². The lowest BCUT2D eigenvalue weighted by Crippen LogP contribution is -2.45. The minimum Gasteiger partial charge on any atom is -0.457 e. The Bertz CT molecular complexity index is 970. The van der Waals surface area contributed by atoms with Crippen molar-refractivity contribution in [3.05, 3.63) is 59.2 Å². The van der Waals surface area contributed by atoms with Gasteiger partial charge < -0.3 is 15.4 Å². The number of alkyl halides is 6. The molecule has 2 N–H and O–H groups in total. The smallest absolute Gasteiger partial charge is 0.416 e. The fourth-order valence-electron chi connectivity index (χ4n) is 2.98. The SMILES string of the molecule is O=C1CC(NC(=O)c2cc(C(F)(F)F)ccc2Oc2ccc(C(F)(F)F)cc2)CCN1. The number of ether oxygens (including phenoxy) is 1. The van der Waals surface area contributed by atoms with Crippen LogP contribution in [0.2, 0.25) is 0 Å². The van der Waals surface area contributed by atoms with E-state index < -0.39 is 41.0 Å². The summed E-state index contributed by atoms with van der Waals surface area (Å²) >= 11 is 0. The van der Waals surface area contributed by atoms with Crippen molar-refractivity contribution in [3.8, 4) is 11.5 Å². The summed E-state index contributed by atoms with van der Waals surface area (Å²) in [6, 6.07) is 5.13. The molecule has 5 nitrogen and oxygen atoms in total. The van der Waals surface area contributed by atoms with Crippen molar-refractivity contribution in [1.29, 1.82) is 0 Å². The Morgan fingerprint density at radius 3 is 2.16 bits per heavy atom. The molecule has 2 aromatic rings. The zero-order valence-corrected chi connectivity index (χ0v) is 15.7. The molecule has 1 atom stereocenters. The predicted molar refractivity (Wildman–Crippen MR) is 96.5 cm³/mol. The topological polar surface area (TPSA) is 67.4 Å². The highest BCUT2D eigenvalue weighted by molar-refractivity contribution is 5.97. The van der Waals surface area contributed by atoms with Crippen LogP contribution in [-0.2, 0) is 17.1 Å². The van der Waals surface area contributed by atoms with E-state index in [0.29, 0.717) is 25.1 Å². The summed E-state index contributed by atoms with van der Waals surface area (Å²) in [7, 11) is 0. The van der Waals surface area contributed by atoms with Gasteiger partial charge in [-0.3, -0.25) is 9.59 Å². The van der Waals surface area contributed by atoms with Gasteiger partial charge in [-0.2, -0.15) is 26.3 Å². The van der Waals surface area contributed by atoms with Crippen LogP contribution in [0.3, 0.4) is 0 Å². The van der Waals surface area contributed by atoms with Gasteiger partial charge in [0.05, 0.1) is 16.7 Å². The molecule has 11 heteroatoms. The third-order valence-electron chi connectivity index (χ3n) is 4.54. The number of hydrogen-bond donors (Lipinski definition) is 2. The zero-order valence-electron chi connectivity index (χ0n) is 15.7. The average Bonchev–Trinajstić information content (AvgIpc) is 2.67. The van der Waals surface area contributed by atoms with Gasteiger partial charge in [-0.15, -0.1) is 0 Å². The number of benzene rings is 2. The van der Waals surface area contributed by atoms with Crippen molar-refractivity contribution in [2.24, 2.45) is 0 Å². The van der Waals surface area contributed by atoms with Gasteiger partial charge in [-0.1, -0.05) is 0 Å². The van der Waals surface area contributed by atoms with E-state index in [0.717, 1.165) is 30.3 Å². The van der Waals surface area contributed by atoms with Crippen LogP contribution in [0.5, 0.6) is 11.5 Å². The molecule has 1 unspecified atom stereocenters. The van der Waals surface area contributed by atoms with E-state index in [1.807, 2.05) is 0 Å². The second kappa shape index (κ2) is 8.48. The number of carbonyl (C=O) groups excluding carboxylic acids is 2. The van der Waals surface area contributed by atoms with Crippen LogP contribution in [-0.4, -0.2) is 24.4 Å². The summed E-state index contributed by atoms with van der Waals surface area (Å²) in [5.74, 6) is -1.57. The Kier molecular flexibility index (Phi) is 6.14. The summed E-state index contributed by atoms with van der Waals surface area (Å²) in [5.41, 5.74) is -2.49. The van der Waals surface area contributed by atoms with Crippen molar-refractivity contribution in [2.75, 3.05) is 6.54 Å². The third kappa shape index (κ3) is 5.68. The molecule has 2 amide bonds. The van der Waals surface area contributed by atoms with Crippen molar-refractivity contribution < 1.29 is 40.7 Å². The molecule has 0 aromatic heterocycles. The zero-order chi connectivity index (χ0) is 22.8. The monoisotopic (exact) mass is 446 g/mol. The molecule has 2 aromatic carbocycles. The van der Waals surface area contributed by atoms with E-state index in [-0.39, 0.29) is 23.8 Å². The number of nitrogens with one attached hydrogen (secondary N) is 2. The van der Waals surface area contributed by atoms with Crippen LogP contribution < -0.4 is 15.4 Å². The maximum Gasteiger partial charge on any atom is 0.416 e. The van der Waals surface area contributed by atoms with Crippen LogP contribution >= 0.6 is 0 Å². The van der Waals surface area contributed by atoms with Crippen molar-refractivity contribution in [2.45, 2.75) is 31.2 Å². The molecule has 166 valence electrons. The Morgan fingerprint density at radius 1 is 0.968 bits per heavy atom. The maximum atomic E-state index is 13.1. The summed E-state index contributed by atoms with van der Waals surface area (Å²) in [4.78, 5) is 24.1. The van der Waals surface area contributed by atoms with E-state index in [4.69, 9.17) is 4.74 Å². The molecule has 3 rings (SSSR count). The molecular weight excluding hydrogens is 430 g/mol. The first-order valence-electron chi connectivity index (χ1n) is 9.07. The Morgan fingerprint density at radius 2 is 1.58 bits per heavy atom. The summed E-state index contributed by atoms with van der Waals surface area (Å²) in [6.45, 7) is 0.307. The molecule has 1 fully saturated rings. The van der Waals surface area contributed by atoms with Crippen LogP contribution in [0, 0.1) is 0 Å². The van der Waals surface area contributed by atoms with Crippen LogP contribution in [0.15, 0.2) is 42.5 Å². The normalized spacial score (nSPS) is 17.1. The number of halogens is 6. The van der Waals surface area contributed by atoms with Crippen LogP contribution in [0.1, 0.15) is 34.3 Å². The fourth-order valence-corrected chi connectivity index (χ4v) is 2.98. The summed E-state index contributed by atoms with van der Waals surface area (Å²) in [5, 5.41) is 5.07. The van der Waals surface area contributed by atoms with Crippen molar-refractivity contribution >= 4 is 11.8 Å². The Hall–Kier alpha value is -3.24. The number of hydrogen-bond acceptors (Lipinski definition) is 3. The number of piperidine rings is 1. The van der Waals surface area contributed by atoms with E-state index in [1.54, 1.807) is 0 Å². The van der Waals surface area contributed by atoms with Gasteiger partial charge in [0.15, 0.2) is 0 Å². The molecule has 0 bridgehead atoms. The molecule has 0 spiro atoms. The van der Waals surface area contributed by atoms with Gasteiger partial charge in [0.2, 0.25) is 5.91 Å². The second-order valence-corrected chi connectivity index (χ2v) is 6.85. The lowest BCUT2D eigenvalue weighted by atomic mass is 10.0. The minimum atomic E-state index is -4.73. The summed E-state index contributed by atoms with van der Waals surface area (Å²) in [6.07, 6.45) is -8.93. The lowest BCUT2D eigenvalue weighted by molar-refractivity contribution is -0.138. The number of rotatable bonds is 4. The second-order valence-electron chi connectivity index (χ2n) is 6.85. The molecule has 0 saturated carbocycles. The molecule has 31 heavy (non-hydrogen) atoms. The first-order valence-corrected chi connectivity index (χ1v) is 9.07. The van der Waals surface area contributed by atoms with Crippen molar-refractivity contribution in [3.63, 3.8) is 0 Å². The van der Waals surface area contributed by atoms with Gasteiger partial charge in [-0.25, -0.2) is 0 Å². The molecule has 0 radical (unpaired) electrons. The van der Waals surface area contributed by atoms with Gasteiger partial charge in [0, 0.05) is 19.0 Å².